The molecule has 0 spiro atoms. The molecule has 0 fully saturated rings. The Morgan fingerprint density at radius 2 is 1.88 bits per heavy atom. The van der Waals surface area contributed by atoms with Gasteiger partial charge in [0.15, 0.2) is 5.69 Å². The largest absolute Gasteiger partial charge is 0.320 e. The molecular formula is C18H13ClFN3O2. The molecule has 1 aromatic heterocycles. The summed E-state index contributed by atoms with van der Waals surface area (Å²) in [4.78, 5) is 24.4. The topological polar surface area (TPSA) is 64.0 Å². The molecule has 5 nitrogen and oxygen atoms in total. The molecule has 3 rings (SSSR count). The summed E-state index contributed by atoms with van der Waals surface area (Å²) in [5.41, 5.74) is 1.06. The van der Waals surface area contributed by atoms with Crippen LogP contribution < -0.4 is 10.7 Å². The van der Waals surface area contributed by atoms with Crippen LogP contribution in [-0.2, 0) is 0 Å². The minimum Gasteiger partial charge on any atom is -0.320 e. The van der Waals surface area contributed by atoms with E-state index >= 15 is 0 Å². The summed E-state index contributed by atoms with van der Waals surface area (Å²) >= 11 is 6.03. The van der Waals surface area contributed by atoms with E-state index in [0.717, 1.165) is 5.56 Å². The number of nitrogens with zero attached hydrogens (tertiary/aromatic N) is 2. The van der Waals surface area contributed by atoms with Crippen LogP contribution in [-0.4, -0.2) is 15.7 Å². The molecule has 2 aromatic carbocycles. The number of carbonyl (C=O) groups excluding carboxylic acids is 1. The number of benzene rings is 2. The minimum absolute atomic E-state index is 0.275. The van der Waals surface area contributed by atoms with Gasteiger partial charge in [-0.15, -0.1) is 0 Å². The second kappa shape index (κ2) is 6.86. The Bertz CT molecular complexity index is 1000. The molecule has 0 radical (unpaired) electrons. The van der Waals surface area contributed by atoms with Gasteiger partial charge in [-0.25, -0.2) is 9.07 Å². The van der Waals surface area contributed by atoms with Gasteiger partial charge in [-0.3, -0.25) is 9.59 Å². The van der Waals surface area contributed by atoms with Gasteiger partial charge in [0.2, 0.25) is 5.43 Å². The molecule has 0 aliphatic rings. The zero-order valence-electron chi connectivity index (χ0n) is 13.2. The molecule has 0 aliphatic carbocycles. The van der Waals surface area contributed by atoms with Crippen LogP contribution in [0, 0.1) is 12.7 Å². The number of aromatic nitrogens is 2. The average Bonchev–Trinajstić information content (AvgIpc) is 2.59. The second-order valence-electron chi connectivity index (χ2n) is 5.37. The molecule has 0 saturated carbocycles. The van der Waals surface area contributed by atoms with Crippen molar-refractivity contribution in [1.82, 2.24) is 9.78 Å². The van der Waals surface area contributed by atoms with Crippen LogP contribution in [0.25, 0.3) is 5.69 Å². The summed E-state index contributed by atoms with van der Waals surface area (Å²) in [7, 11) is 0. The number of amides is 1. The Hall–Kier alpha value is -2.99. The van der Waals surface area contributed by atoms with Crippen LogP contribution in [0.3, 0.4) is 0 Å². The molecule has 7 heteroatoms. The fraction of sp³-hybridized carbons (Fsp3) is 0.0556. The quantitative estimate of drug-likeness (QED) is 0.779. The molecule has 0 unspecified atom stereocenters. The van der Waals surface area contributed by atoms with Crippen molar-refractivity contribution in [2.24, 2.45) is 0 Å². The number of carbonyl (C=O) groups is 1. The van der Waals surface area contributed by atoms with Crippen molar-refractivity contribution < 1.29 is 9.18 Å². The number of halogens is 2. The van der Waals surface area contributed by atoms with Gasteiger partial charge in [0.05, 0.1) is 5.69 Å². The smallest absolute Gasteiger partial charge is 0.280 e. The van der Waals surface area contributed by atoms with Gasteiger partial charge in [-0.1, -0.05) is 17.7 Å². The van der Waals surface area contributed by atoms with Crippen LogP contribution in [0.5, 0.6) is 0 Å². The predicted octanol–water partition coefficient (Wildman–Crippen LogP) is 3.59. The Balaban J connectivity index is 1.91. The summed E-state index contributed by atoms with van der Waals surface area (Å²) < 4.78 is 14.4. The predicted molar refractivity (Wildman–Crippen MR) is 93.9 cm³/mol. The van der Waals surface area contributed by atoms with E-state index in [4.69, 9.17) is 11.6 Å². The van der Waals surface area contributed by atoms with Gasteiger partial charge in [0, 0.05) is 23.0 Å². The van der Waals surface area contributed by atoms with Gasteiger partial charge in [0.1, 0.15) is 5.82 Å². The van der Waals surface area contributed by atoms with Crippen molar-refractivity contribution in [2.75, 3.05) is 5.32 Å². The first-order valence-electron chi connectivity index (χ1n) is 7.37. The fourth-order valence-electron chi connectivity index (χ4n) is 2.16. The summed E-state index contributed by atoms with van der Waals surface area (Å²) in [6.07, 6.45) is 1.41. The lowest BCUT2D eigenvalue weighted by Crippen LogP contribution is -2.25. The molecule has 1 heterocycles. The number of hydrogen-bond donors (Lipinski definition) is 1. The SMILES string of the molecule is Cc1ccc(NC(=O)c2nn(-c3ccc(F)cc3)ccc2=O)cc1Cl. The maximum atomic E-state index is 13.0. The molecule has 0 saturated heterocycles. The number of nitrogens with one attached hydrogen (secondary N) is 1. The van der Waals surface area contributed by atoms with E-state index in [0.29, 0.717) is 16.4 Å². The number of anilines is 1. The lowest BCUT2D eigenvalue weighted by Gasteiger charge is -2.09. The summed E-state index contributed by atoms with van der Waals surface area (Å²) in [5.74, 6) is -1.04. The first-order chi connectivity index (χ1) is 11.9. The Morgan fingerprint density at radius 3 is 2.56 bits per heavy atom. The van der Waals surface area contributed by atoms with Crippen LogP contribution >= 0.6 is 11.6 Å². The molecule has 3 aromatic rings. The van der Waals surface area contributed by atoms with Crippen molar-refractivity contribution in [3.05, 3.63) is 87.0 Å². The van der Waals surface area contributed by atoms with Gasteiger partial charge < -0.3 is 5.32 Å². The van der Waals surface area contributed by atoms with Crippen molar-refractivity contribution in [3.8, 4) is 5.69 Å². The maximum absolute atomic E-state index is 13.0. The summed E-state index contributed by atoms with van der Waals surface area (Å²) in [6, 6.07) is 11.8. The zero-order valence-corrected chi connectivity index (χ0v) is 13.9. The van der Waals surface area contributed by atoms with E-state index in [2.05, 4.69) is 10.4 Å². The van der Waals surface area contributed by atoms with Gasteiger partial charge >= 0.3 is 0 Å². The third kappa shape index (κ3) is 3.75. The fourth-order valence-corrected chi connectivity index (χ4v) is 2.34. The van der Waals surface area contributed by atoms with E-state index in [-0.39, 0.29) is 11.5 Å². The standard InChI is InChI=1S/C18H13ClFN3O2/c1-11-2-5-13(10-15(11)19)21-18(25)17-16(24)8-9-23(22-17)14-6-3-12(20)4-7-14/h2-10H,1H3,(H,21,25). The highest BCUT2D eigenvalue weighted by Gasteiger charge is 2.14. The maximum Gasteiger partial charge on any atom is 0.280 e. The molecule has 1 N–H and O–H groups in total. The molecule has 0 atom stereocenters. The third-order valence-corrected chi connectivity index (χ3v) is 3.95. The lowest BCUT2D eigenvalue weighted by atomic mass is 10.2. The molecule has 0 bridgehead atoms. The van der Waals surface area contributed by atoms with E-state index in [9.17, 15) is 14.0 Å². The highest BCUT2D eigenvalue weighted by molar-refractivity contribution is 6.31. The highest BCUT2D eigenvalue weighted by Crippen LogP contribution is 2.20. The molecule has 0 aliphatic heterocycles. The number of rotatable bonds is 3. The Kier molecular flexibility index (Phi) is 4.63. The van der Waals surface area contributed by atoms with Crippen LogP contribution in [0.15, 0.2) is 59.5 Å². The Labute approximate surface area is 147 Å². The minimum atomic E-state index is -0.651. The monoisotopic (exact) mass is 357 g/mol. The summed E-state index contributed by atoms with van der Waals surface area (Å²) in [5, 5.41) is 7.14. The van der Waals surface area contributed by atoms with Crippen molar-refractivity contribution in [2.45, 2.75) is 6.92 Å². The van der Waals surface area contributed by atoms with Crippen LogP contribution in [0.4, 0.5) is 10.1 Å². The Morgan fingerprint density at radius 1 is 1.16 bits per heavy atom. The molecule has 1 amide bonds. The van der Waals surface area contributed by atoms with E-state index in [1.807, 2.05) is 6.92 Å². The average molecular weight is 358 g/mol. The van der Waals surface area contributed by atoms with Gasteiger partial charge in [0.25, 0.3) is 5.91 Å². The zero-order chi connectivity index (χ0) is 18.0. The van der Waals surface area contributed by atoms with Crippen LogP contribution in [0.1, 0.15) is 16.1 Å². The first kappa shape index (κ1) is 16.9. The van der Waals surface area contributed by atoms with Crippen molar-refractivity contribution >= 4 is 23.2 Å². The molecule has 25 heavy (non-hydrogen) atoms. The third-order valence-electron chi connectivity index (χ3n) is 3.54. The first-order valence-corrected chi connectivity index (χ1v) is 7.75. The summed E-state index contributed by atoms with van der Waals surface area (Å²) in [6.45, 7) is 1.84. The van der Waals surface area contributed by atoms with E-state index < -0.39 is 11.3 Å². The molecular weight excluding hydrogens is 345 g/mol. The lowest BCUT2D eigenvalue weighted by molar-refractivity contribution is 0.101. The van der Waals surface area contributed by atoms with Crippen molar-refractivity contribution in [1.29, 1.82) is 0 Å². The highest BCUT2D eigenvalue weighted by atomic mass is 35.5. The molecule has 126 valence electrons. The number of aryl methyl sites for hydroxylation is 1. The normalized spacial score (nSPS) is 10.5. The van der Waals surface area contributed by atoms with Crippen molar-refractivity contribution in [3.63, 3.8) is 0 Å². The number of hydrogen-bond acceptors (Lipinski definition) is 3. The van der Waals surface area contributed by atoms with Gasteiger partial charge in [-0.2, -0.15) is 5.10 Å². The van der Waals surface area contributed by atoms with Gasteiger partial charge in [-0.05, 0) is 48.9 Å². The second-order valence-corrected chi connectivity index (χ2v) is 5.77. The van der Waals surface area contributed by atoms with Crippen LogP contribution in [0.2, 0.25) is 5.02 Å². The van der Waals surface area contributed by atoms with E-state index in [1.165, 1.54) is 41.2 Å². The van der Waals surface area contributed by atoms with E-state index in [1.54, 1.807) is 18.2 Å².